The monoisotopic (exact) mass is 324 g/mol. The maximum absolute atomic E-state index is 12.4. The number of anilines is 1. The zero-order chi connectivity index (χ0) is 15.6. The van der Waals surface area contributed by atoms with Crippen molar-refractivity contribution in [1.82, 2.24) is 4.98 Å². The number of amides is 1. The largest absolute Gasteiger partial charge is 0.478 e. The second-order valence-corrected chi connectivity index (χ2v) is 5.00. The summed E-state index contributed by atoms with van der Waals surface area (Å²) in [6.07, 6.45) is 1.30. The summed E-state index contributed by atoms with van der Waals surface area (Å²) in [6, 6.07) is 7.30. The number of hydrogen-bond acceptors (Lipinski definition) is 3. The third-order valence-electron chi connectivity index (χ3n) is 2.86. The van der Waals surface area contributed by atoms with E-state index in [9.17, 15) is 9.59 Å². The molecular weight excluding hydrogens is 315 g/mol. The fourth-order valence-electron chi connectivity index (χ4n) is 1.70. The van der Waals surface area contributed by atoms with E-state index in [4.69, 9.17) is 28.3 Å². The zero-order valence-corrected chi connectivity index (χ0v) is 12.4. The van der Waals surface area contributed by atoms with Crippen LogP contribution in [-0.4, -0.2) is 29.0 Å². The Hall–Kier alpha value is -2.11. The molecule has 0 aliphatic carbocycles. The molecule has 1 heterocycles. The van der Waals surface area contributed by atoms with E-state index in [0.717, 1.165) is 0 Å². The van der Waals surface area contributed by atoms with Crippen LogP contribution in [-0.2, 0) is 0 Å². The molecule has 1 aromatic heterocycles. The molecule has 2 rings (SSSR count). The lowest BCUT2D eigenvalue weighted by Gasteiger charge is -2.18. The third-order valence-corrected chi connectivity index (χ3v) is 3.37. The number of benzene rings is 1. The Kier molecular flexibility index (Phi) is 4.45. The van der Waals surface area contributed by atoms with E-state index < -0.39 is 5.97 Å². The fraction of sp³-hybridized carbons (Fsp3) is 0.0714. The first-order chi connectivity index (χ1) is 9.90. The number of aromatic carboxylic acids is 1. The predicted molar refractivity (Wildman–Crippen MR) is 80.4 cm³/mol. The summed E-state index contributed by atoms with van der Waals surface area (Å²) in [6.45, 7) is 0. The van der Waals surface area contributed by atoms with Crippen molar-refractivity contribution in [3.63, 3.8) is 0 Å². The number of carboxylic acid groups (broad SMARTS) is 1. The highest BCUT2D eigenvalue weighted by atomic mass is 35.5. The minimum Gasteiger partial charge on any atom is -0.478 e. The SMILES string of the molecule is CN(C(=O)c1cc(Cl)ncc1Cl)c1ccc(C(=O)O)cc1. The Bertz CT molecular complexity index is 702. The van der Waals surface area contributed by atoms with Gasteiger partial charge in [-0.1, -0.05) is 23.2 Å². The third kappa shape index (κ3) is 3.32. The average molecular weight is 325 g/mol. The van der Waals surface area contributed by atoms with Crippen LogP contribution in [0.5, 0.6) is 0 Å². The first kappa shape index (κ1) is 15.3. The fourth-order valence-corrected chi connectivity index (χ4v) is 2.04. The summed E-state index contributed by atoms with van der Waals surface area (Å²) >= 11 is 11.7. The molecule has 5 nitrogen and oxygen atoms in total. The van der Waals surface area contributed by atoms with Crippen LogP contribution in [0.4, 0.5) is 5.69 Å². The highest BCUT2D eigenvalue weighted by Crippen LogP contribution is 2.22. The molecule has 1 aromatic carbocycles. The van der Waals surface area contributed by atoms with E-state index in [1.165, 1.54) is 41.4 Å². The van der Waals surface area contributed by atoms with Crippen LogP contribution in [0.15, 0.2) is 36.5 Å². The molecule has 0 fully saturated rings. The van der Waals surface area contributed by atoms with Crippen molar-refractivity contribution in [2.75, 3.05) is 11.9 Å². The lowest BCUT2D eigenvalue weighted by molar-refractivity contribution is 0.0696. The van der Waals surface area contributed by atoms with Crippen molar-refractivity contribution >= 4 is 40.8 Å². The molecule has 1 amide bonds. The molecule has 7 heteroatoms. The molecule has 0 bridgehead atoms. The summed E-state index contributed by atoms with van der Waals surface area (Å²) in [4.78, 5) is 28.3. The minimum atomic E-state index is -1.03. The van der Waals surface area contributed by atoms with E-state index in [2.05, 4.69) is 4.98 Å². The molecule has 108 valence electrons. The molecule has 0 saturated heterocycles. The number of aromatic nitrogens is 1. The standard InChI is InChI=1S/C14H10Cl2N2O3/c1-18(9-4-2-8(3-5-9)14(20)21)13(19)10-6-12(16)17-7-11(10)15/h2-7H,1H3,(H,20,21). The van der Waals surface area contributed by atoms with Gasteiger partial charge in [0.2, 0.25) is 0 Å². The van der Waals surface area contributed by atoms with Crippen LogP contribution in [0, 0.1) is 0 Å². The van der Waals surface area contributed by atoms with Gasteiger partial charge in [0, 0.05) is 18.9 Å². The van der Waals surface area contributed by atoms with Crippen LogP contribution < -0.4 is 4.90 Å². The van der Waals surface area contributed by atoms with Crippen molar-refractivity contribution in [3.8, 4) is 0 Å². The Morgan fingerprint density at radius 2 is 1.81 bits per heavy atom. The smallest absolute Gasteiger partial charge is 0.335 e. The number of carboxylic acids is 1. The van der Waals surface area contributed by atoms with E-state index in [0.29, 0.717) is 5.69 Å². The Labute approximate surface area is 130 Å². The molecule has 0 radical (unpaired) electrons. The molecule has 0 saturated carbocycles. The van der Waals surface area contributed by atoms with Crippen LogP contribution in [0.25, 0.3) is 0 Å². The van der Waals surface area contributed by atoms with Gasteiger partial charge < -0.3 is 10.0 Å². The molecule has 0 aliphatic rings. The number of hydrogen-bond donors (Lipinski definition) is 1. The van der Waals surface area contributed by atoms with Gasteiger partial charge in [0.25, 0.3) is 5.91 Å². The predicted octanol–water partition coefficient (Wildman–Crippen LogP) is 3.36. The van der Waals surface area contributed by atoms with E-state index in [1.54, 1.807) is 7.05 Å². The van der Waals surface area contributed by atoms with E-state index in [-0.39, 0.29) is 27.2 Å². The van der Waals surface area contributed by atoms with Gasteiger partial charge in [-0.15, -0.1) is 0 Å². The van der Waals surface area contributed by atoms with E-state index in [1.807, 2.05) is 0 Å². The van der Waals surface area contributed by atoms with Gasteiger partial charge in [-0.3, -0.25) is 4.79 Å². The van der Waals surface area contributed by atoms with Gasteiger partial charge in [0.15, 0.2) is 0 Å². The number of carbonyl (C=O) groups is 2. The molecule has 21 heavy (non-hydrogen) atoms. The molecule has 0 aliphatic heterocycles. The van der Waals surface area contributed by atoms with Crippen molar-refractivity contribution in [2.45, 2.75) is 0 Å². The van der Waals surface area contributed by atoms with Crippen LogP contribution >= 0.6 is 23.2 Å². The molecule has 0 atom stereocenters. The quantitative estimate of drug-likeness (QED) is 0.879. The highest BCUT2D eigenvalue weighted by Gasteiger charge is 2.18. The van der Waals surface area contributed by atoms with E-state index >= 15 is 0 Å². The van der Waals surface area contributed by atoms with Crippen LogP contribution in [0.3, 0.4) is 0 Å². The van der Waals surface area contributed by atoms with Crippen molar-refractivity contribution < 1.29 is 14.7 Å². The maximum Gasteiger partial charge on any atom is 0.335 e. The van der Waals surface area contributed by atoms with Crippen molar-refractivity contribution in [2.24, 2.45) is 0 Å². The number of halogens is 2. The molecular formula is C14H10Cl2N2O3. The number of nitrogens with zero attached hydrogens (tertiary/aromatic N) is 2. The van der Waals surface area contributed by atoms with Crippen LogP contribution in [0.1, 0.15) is 20.7 Å². The summed E-state index contributed by atoms with van der Waals surface area (Å²) in [7, 11) is 1.56. The lowest BCUT2D eigenvalue weighted by Crippen LogP contribution is -2.26. The van der Waals surface area contributed by atoms with Gasteiger partial charge in [-0.25, -0.2) is 9.78 Å². The maximum atomic E-state index is 12.4. The number of carbonyl (C=O) groups excluding carboxylic acids is 1. The summed E-state index contributed by atoms with van der Waals surface area (Å²) in [5.41, 5.74) is 0.903. The lowest BCUT2D eigenvalue weighted by atomic mass is 10.2. The molecule has 0 spiro atoms. The average Bonchev–Trinajstić information content (AvgIpc) is 2.48. The normalized spacial score (nSPS) is 10.2. The zero-order valence-electron chi connectivity index (χ0n) is 10.9. The van der Waals surface area contributed by atoms with Gasteiger partial charge >= 0.3 is 5.97 Å². The number of rotatable bonds is 3. The van der Waals surface area contributed by atoms with Crippen LogP contribution in [0.2, 0.25) is 10.2 Å². The van der Waals surface area contributed by atoms with Gasteiger partial charge in [-0.2, -0.15) is 0 Å². The Balaban J connectivity index is 2.30. The summed E-state index contributed by atoms with van der Waals surface area (Å²) < 4.78 is 0. The highest BCUT2D eigenvalue weighted by molar-refractivity contribution is 6.35. The molecule has 0 unspecified atom stereocenters. The second kappa shape index (κ2) is 6.11. The molecule has 1 N–H and O–H groups in total. The summed E-state index contributed by atoms with van der Waals surface area (Å²) in [5.74, 6) is -1.40. The van der Waals surface area contributed by atoms with Gasteiger partial charge in [0.1, 0.15) is 5.15 Å². The van der Waals surface area contributed by atoms with Crippen molar-refractivity contribution in [3.05, 3.63) is 57.8 Å². The summed E-state index contributed by atoms with van der Waals surface area (Å²) in [5, 5.41) is 9.21. The van der Waals surface area contributed by atoms with Gasteiger partial charge in [0.05, 0.1) is 16.1 Å². The van der Waals surface area contributed by atoms with Crippen molar-refractivity contribution in [1.29, 1.82) is 0 Å². The molecule has 2 aromatic rings. The first-order valence-electron chi connectivity index (χ1n) is 5.82. The Morgan fingerprint density at radius 3 is 2.38 bits per heavy atom. The van der Waals surface area contributed by atoms with Gasteiger partial charge in [-0.05, 0) is 30.3 Å². The topological polar surface area (TPSA) is 70.5 Å². The number of pyridine rings is 1. The minimum absolute atomic E-state index is 0.143. The first-order valence-corrected chi connectivity index (χ1v) is 6.58. The second-order valence-electron chi connectivity index (χ2n) is 4.20. The Morgan fingerprint density at radius 1 is 1.19 bits per heavy atom.